The van der Waals surface area contributed by atoms with Crippen molar-refractivity contribution in [2.24, 2.45) is 17.1 Å². The first-order chi connectivity index (χ1) is 10.4. The van der Waals surface area contributed by atoms with Gasteiger partial charge in [-0.3, -0.25) is 4.79 Å². The second kappa shape index (κ2) is 7.55. The van der Waals surface area contributed by atoms with Crippen LogP contribution in [0.25, 0.3) is 0 Å². The number of nitrogens with two attached hydrogens (primary N) is 1. The van der Waals surface area contributed by atoms with Crippen molar-refractivity contribution in [3.63, 3.8) is 0 Å². The summed E-state index contributed by atoms with van der Waals surface area (Å²) < 4.78 is 0. The van der Waals surface area contributed by atoms with Gasteiger partial charge >= 0.3 is 0 Å². The van der Waals surface area contributed by atoms with Crippen LogP contribution in [0.3, 0.4) is 0 Å². The van der Waals surface area contributed by atoms with Gasteiger partial charge in [0.15, 0.2) is 0 Å². The minimum atomic E-state index is 0.0142. The summed E-state index contributed by atoms with van der Waals surface area (Å²) in [6.07, 6.45) is 7.28. The van der Waals surface area contributed by atoms with Crippen molar-refractivity contribution in [3.05, 3.63) is 10.7 Å². The Kier molecular flexibility index (Phi) is 5.98. The molecule has 1 aromatic rings. The zero-order valence-electron chi connectivity index (χ0n) is 14.1. The predicted molar refractivity (Wildman–Crippen MR) is 93.2 cm³/mol. The van der Waals surface area contributed by atoms with Gasteiger partial charge in [0.1, 0.15) is 5.00 Å². The van der Waals surface area contributed by atoms with Crippen molar-refractivity contribution in [1.82, 2.24) is 4.98 Å². The van der Waals surface area contributed by atoms with Gasteiger partial charge in [0.2, 0.25) is 5.91 Å². The first kappa shape index (κ1) is 17.4. The molecule has 0 aliphatic heterocycles. The maximum atomic E-state index is 12.5. The average molecular weight is 324 g/mol. The summed E-state index contributed by atoms with van der Waals surface area (Å²) in [5, 5.41) is 5.05. The fraction of sp³-hybridized carbons (Fsp3) is 0.765. The predicted octanol–water partition coefficient (Wildman–Crippen LogP) is 3.89. The summed E-state index contributed by atoms with van der Waals surface area (Å²) in [4.78, 5) is 17.1. The van der Waals surface area contributed by atoms with Gasteiger partial charge in [-0.15, -0.1) is 11.3 Å². The van der Waals surface area contributed by atoms with E-state index in [2.05, 4.69) is 24.1 Å². The minimum absolute atomic E-state index is 0.0142. The molecule has 4 nitrogen and oxygen atoms in total. The number of hydrogen-bond donors (Lipinski definition) is 2. The lowest BCUT2D eigenvalue weighted by Gasteiger charge is -2.35. The van der Waals surface area contributed by atoms with Crippen molar-refractivity contribution in [2.75, 3.05) is 11.9 Å². The Labute approximate surface area is 137 Å². The van der Waals surface area contributed by atoms with Crippen LogP contribution in [0.4, 0.5) is 5.00 Å². The fourth-order valence-electron chi connectivity index (χ4n) is 3.36. The van der Waals surface area contributed by atoms with Gasteiger partial charge in [0.05, 0.1) is 10.7 Å². The molecular formula is C17H29N3OS. The van der Waals surface area contributed by atoms with Gasteiger partial charge in [0.25, 0.3) is 0 Å². The molecule has 124 valence electrons. The van der Waals surface area contributed by atoms with Crippen LogP contribution in [0.2, 0.25) is 0 Å². The van der Waals surface area contributed by atoms with Gasteiger partial charge in [-0.05, 0) is 44.1 Å². The second-order valence-electron chi connectivity index (χ2n) is 7.10. The van der Waals surface area contributed by atoms with E-state index in [1.54, 1.807) is 11.3 Å². The summed E-state index contributed by atoms with van der Waals surface area (Å²) in [6, 6.07) is 0. The summed E-state index contributed by atoms with van der Waals surface area (Å²) in [5.41, 5.74) is 7.03. The highest BCUT2D eigenvalue weighted by molar-refractivity contribution is 7.16. The number of thiazole rings is 1. The number of anilines is 1. The molecule has 1 aromatic heterocycles. The Hall–Kier alpha value is -0.940. The van der Waals surface area contributed by atoms with E-state index in [-0.39, 0.29) is 11.3 Å². The molecule has 0 aromatic carbocycles. The molecule has 1 amide bonds. The molecule has 0 spiro atoms. The van der Waals surface area contributed by atoms with Crippen LogP contribution in [-0.4, -0.2) is 17.4 Å². The van der Waals surface area contributed by atoms with Gasteiger partial charge in [-0.1, -0.05) is 33.1 Å². The number of carbonyl (C=O) groups is 1. The molecule has 0 atom stereocenters. The van der Waals surface area contributed by atoms with E-state index in [1.165, 1.54) is 19.3 Å². The molecule has 3 N–H and O–H groups in total. The van der Waals surface area contributed by atoms with Crippen LogP contribution < -0.4 is 11.1 Å². The average Bonchev–Trinajstić information content (AvgIpc) is 2.78. The van der Waals surface area contributed by atoms with E-state index in [9.17, 15) is 4.79 Å². The molecule has 1 aliphatic carbocycles. The first-order valence-corrected chi connectivity index (χ1v) is 9.22. The van der Waals surface area contributed by atoms with Gasteiger partial charge in [0, 0.05) is 6.42 Å². The monoisotopic (exact) mass is 323 g/mol. The number of rotatable bonds is 6. The number of aryl methyl sites for hydroxylation is 1. The van der Waals surface area contributed by atoms with Gasteiger partial charge < -0.3 is 11.1 Å². The molecule has 5 heteroatoms. The normalized spacial score (nSPS) is 17.7. The molecule has 0 radical (unpaired) electrons. The number of aromatic nitrogens is 1. The molecule has 0 bridgehead atoms. The van der Waals surface area contributed by atoms with Crippen molar-refractivity contribution in [2.45, 2.75) is 65.7 Å². The third-order valence-electron chi connectivity index (χ3n) is 4.54. The summed E-state index contributed by atoms with van der Waals surface area (Å²) >= 11 is 1.58. The van der Waals surface area contributed by atoms with Crippen LogP contribution in [0.5, 0.6) is 0 Å². The summed E-state index contributed by atoms with van der Waals surface area (Å²) in [6.45, 7) is 6.95. The fourth-order valence-corrected chi connectivity index (χ4v) is 4.22. The summed E-state index contributed by atoms with van der Waals surface area (Å²) in [7, 11) is 0. The number of nitrogens with zero attached hydrogens (tertiary/aromatic N) is 1. The molecule has 2 rings (SSSR count). The number of nitrogens with one attached hydrogen (secondary N) is 1. The topological polar surface area (TPSA) is 68.0 Å². The summed E-state index contributed by atoms with van der Waals surface area (Å²) in [5.74, 6) is 0.631. The van der Waals surface area contributed by atoms with Gasteiger partial charge in [-0.25, -0.2) is 4.98 Å². The highest BCUT2D eigenvalue weighted by atomic mass is 32.1. The zero-order valence-corrected chi connectivity index (χ0v) is 14.9. The van der Waals surface area contributed by atoms with Crippen molar-refractivity contribution < 1.29 is 4.79 Å². The van der Waals surface area contributed by atoms with E-state index in [4.69, 9.17) is 5.73 Å². The smallest absolute Gasteiger partial charge is 0.225 e. The minimum Gasteiger partial charge on any atom is -0.330 e. The third-order valence-corrected chi connectivity index (χ3v) is 5.47. The van der Waals surface area contributed by atoms with E-state index in [0.717, 1.165) is 35.0 Å². The highest BCUT2D eigenvalue weighted by Crippen LogP contribution is 2.39. The van der Waals surface area contributed by atoms with E-state index >= 15 is 0 Å². The Morgan fingerprint density at radius 2 is 2.05 bits per heavy atom. The number of carbonyl (C=O) groups excluding carboxylic acids is 1. The zero-order chi connectivity index (χ0) is 16.2. The lowest BCUT2D eigenvalue weighted by Crippen LogP contribution is -2.36. The lowest BCUT2D eigenvalue weighted by molar-refractivity contribution is -0.118. The molecule has 1 heterocycles. The highest BCUT2D eigenvalue weighted by Gasteiger charge is 2.33. The van der Waals surface area contributed by atoms with Crippen LogP contribution in [0.1, 0.15) is 63.1 Å². The van der Waals surface area contributed by atoms with E-state index < -0.39 is 0 Å². The van der Waals surface area contributed by atoms with Gasteiger partial charge in [-0.2, -0.15) is 0 Å². The van der Waals surface area contributed by atoms with Crippen molar-refractivity contribution >= 4 is 22.2 Å². The Bertz CT molecular complexity index is 504. The molecule has 1 aliphatic rings. The largest absolute Gasteiger partial charge is 0.330 e. The standard InChI is InChI=1S/C17H29N3OS/c1-12(2)9-14-16(22-13(3)19-14)20-15(21)10-17(11-18)7-5-4-6-8-17/h12H,4-11,18H2,1-3H3,(H,20,21). The number of amides is 1. The quantitative estimate of drug-likeness (QED) is 0.834. The van der Waals surface area contributed by atoms with E-state index in [0.29, 0.717) is 18.9 Å². The van der Waals surface area contributed by atoms with E-state index in [1.807, 2.05) is 6.92 Å². The molecule has 22 heavy (non-hydrogen) atoms. The van der Waals surface area contributed by atoms with Crippen molar-refractivity contribution in [1.29, 1.82) is 0 Å². The maximum Gasteiger partial charge on any atom is 0.225 e. The van der Waals surface area contributed by atoms with Crippen molar-refractivity contribution in [3.8, 4) is 0 Å². The van der Waals surface area contributed by atoms with Crippen LogP contribution in [0, 0.1) is 18.3 Å². The molecule has 1 saturated carbocycles. The third kappa shape index (κ3) is 4.53. The molecule has 0 saturated heterocycles. The first-order valence-electron chi connectivity index (χ1n) is 8.40. The molecular weight excluding hydrogens is 294 g/mol. The Morgan fingerprint density at radius 1 is 1.36 bits per heavy atom. The lowest BCUT2D eigenvalue weighted by atomic mass is 9.72. The van der Waals surface area contributed by atoms with Crippen LogP contribution >= 0.6 is 11.3 Å². The molecule has 1 fully saturated rings. The maximum absolute atomic E-state index is 12.5. The van der Waals surface area contributed by atoms with Crippen LogP contribution in [-0.2, 0) is 11.2 Å². The van der Waals surface area contributed by atoms with Crippen LogP contribution in [0.15, 0.2) is 0 Å². The second-order valence-corrected chi connectivity index (χ2v) is 8.30. The molecule has 0 unspecified atom stereocenters. The SMILES string of the molecule is Cc1nc(CC(C)C)c(NC(=O)CC2(CN)CCCCC2)s1. The Balaban J connectivity index is 2.02. The Morgan fingerprint density at radius 3 is 2.64 bits per heavy atom. The number of hydrogen-bond acceptors (Lipinski definition) is 4.